The summed E-state index contributed by atoms with van der Waals surface area (Å²) in [5, 5.41) is 4.20. The van der Waals surface area contributed by atoms with E-state index in [1.54, 1.807) is 17.8 Å². The highest BCUT2D eigenvalue weighted by atomic mass is 32.2. The molecule has 2 heterocycles. The van der Waals surface area contributed by atoms with Crippen molar-refractivity contribution in [1.29, 1.82) is 0 Å². The van der Waals surface area contributed by atoms with Crippen molar-refractivity contribution in [3.05, 3.63) is 23.4 Å². The summed E-state index contributed by atoms with van der Waals surface area (Å²) in [6.07, 6.45) is 5.87. The van der Waals surface area contributed by atoms with Crippen LogP contribution >= 0.6 is 23.1 Å². The Morgan fingerprint density at radius 2 is 2.04 bits per heavy atom. The Balaban J connectivity index is 2.18. The van der Waals surface area contributed by atoms with Crippen molar-refractivity contribution in [3.63, 3.8) is 0 Å². The normalized spacial score (nSPS) is 17.3. The van der Waals surface area contributed by atoms with Gasteiger partial charge < -0.3 is 0 Å². The Morgan fingerprint density at radius 3 is 2.61 bits per heavy atom. The third-order valence-electron chi connectivity index (χ3n) is 3.87. The maximum absolute atomic E-state index is 12.6. The lowest BCUT2D eigenvalue weighted by Crippen LogP contribution is -2.26. The Labute approximate surface area is 144 Å². The minimum absolute atomic E-state index is 0.0883. The lowest BCUT2D eigenvalue weighted by atomic mass is 9.74. The van der Waals surface area contributed by atoms with Crippen LogP contribution in [0.2, 0.25) is 0 Å². The minimum atomic E-state index is -3.41. The van der Waals surface area contributed by atoms with Crippen LogP contribution in [0.3, 0.4) is 0 Å². The van der Waals surface area contributed by atoms with Crippen molar-refractivity contribution in [2.45, 2.75) is 30.9 Å². The van der Waals surface area contributed by atoms with E-state index in [9.17, 15) is 13.2 Å². The molecule has 0 atom stereocenters. The summed E-state index contributed by atoms with van der Waals surface area (Å²) in [7, 11) is -3.41. The Kier molecular flexibility index (Phi) is 3.97. The number of rotatable bonds is 3. The van der Waals surface area contributed by atoms with Gasteiger partial charge in [-0.2, -0.15) is 9.19 Å². The molecule has 5 nitrogen and oxygen atoms in total. The first-order valence-electron chi connectivity index (χ1n) is 7.12. The van der Waals surface area contributed by atoms with E-state index in [2.05, 4.69) is 18.9 Å². The molecule has 0 radical (unpaired) electrons. The first-order valence-corrected chi connectivity index (χ1v) is 11.0. The molecule has 0 amide bonds. The van der Waals surface area contributed by atoms with Crippen LogP contribution in [0.15, 0.2) is 16.5 Å². The van der Waals surface area contributed by atoms with Gasteiger partial charge in [0.15, 0.2) is 5.78 Å². The largest absolute Gasteiger partial charge is 0.294 e. The van der Waals surface area contributed by atoms with Gasteiger partial charge in [0.2, 0.25) is 0 Å². The summed E-state index contributed by atoms with van der Waals surface area (Å²) < 4.78 is 25.2. The molecular weight excluding hydrogens is 352 g/mol. The zero-order valence-electron chi connectivity index (χ0n) is 13.4. The summed E-state index contributed by atoms with van der Waals surface area (Å²) >= 11 is 3.09. The molecule has 0 N–H and O–H groups in total. The highest BCUT2D eigenvalue weighted by Gasteiger charge is 2.36. The Hall–Kier alpha value is -1.12. The molecule has 0 aromatic carbocycles. The van der Waals surface area contributed by atoms with Crippen molar-refractivity contribution in [1.82, 2.24) is 9.19 Å². The topological polar surface area (TPSA) is 69.0 Å². The van der Waals surface area contributed by atoms with Crippen LogP contribution in [0.5, 0.6) is 0 Å². The molecule has 0 fully saturated rings. The lowest BCUT2D eigenvalue weighted by Gasteiger charge is -2.29. The lowest BCUT2D eigenvalue weighted by molar-refractivity contribution is 0.0910. The fourth-order valence-electron chi connectivity index (χ4n) is 2.92. The van der Waals surface area contributed by atoms with E-state index in [-0.39, 0.29) is 11.2 Å². The second-order valence-corrected chi connectivity index (χ2v) is 10.5. The maximum atomic E-state index is 12.6. The van der Waals surface area contributed by atoms with Gasteiger partial charge in [-0.25, -0.2) is 8.42 Å². The van der Waals surface area contributed by atoms with E-state index in [1.807, 2.05) is 6.26 Å². The zero-order chi connectivity index (χ0) is 17.0. The molecule has 2 aromatic heterocycles. The summed E-state index contributed by atoms with van der Waals surface area (Å²) in [4.78, 5) is 13.5. The Bertz CT molecular complexity index is 891. The molecule has 1 aliphatic rings. The van der Waals surface area contributed by atoms with Crippen LogP contribution < -0.4 is 0 Å². The van der Waals surface area contributed by atoms with E-state index in [0.29, 0.717) is 12.1 Å². The van der Waals surface area contributed by atoms with Crippen molar-refractivity contribution < 1.29 is 13.2 Å². The maximum Gasteiger partial charge on any atom is 0.250 e. The highest BCUT2D eigenvalue weighted by Crippen LogP contribution is 2.47. The number of carbonyl (C=O) groups is 1. The predicted octanol–water partition coefficient (Wildman–Crippen LogP) is 3.30. The number of nitrogens with zero attached hydrogens (tertiary/aromatic N) is 2. The molecular formula is C15H18N2O3S3. The van der Waals surface area contributed by atoms with Gasteiger partial charge in [-0.3, -0.25) is 4.79 Å². The van der Waals surface area contributed by atoms with Gasteiger partial charge in [-0.15, -0.1) is 23.1 Å². The van der Waals surface area contributed by atoms with Crippen molar-refractivity contribution >= 4 is 38.9 Å². The van der Waals surface area contributed by atoms with Gasteiger partial charge in [-0.05, 0) is 29.7 Å². The number of thiophene rings is 1. The van der Waals surface area contributed by atoms with Gasteiger partial charge >= 0.3 is 0 Å². The molecule has 1 aliphatic carbocycles. The quantitative estimate of drug-likeness (QED) is 0.776. The number of hydrogen-bond donors (Lipinski definition) is 0. The number of thioether (sulfide) groups is 1. The molecule has 0 aliphatic heterocycles. The SMILES string of the molecule is CSc1sc(-c2ccn(S(C)(=O)=O)n2)c2c1C(=O)CC(C)(C)C2. The predicted molar refractivity (Wildman–Crippen MR) is 94.0 cm³/mol. The number of fused-ring (bicyclic) bond motifs is 1. The van der Waals surface area contributed by atoms with E-state index in [1.165, 1.54) is 17.5 Å². The Morgan fingerprint density at radius 1 is 1.35 bits per heavy atom. The fourth-order valence-corrected chi connectivity index (χ4v) is 5.50. The van der Waals surface area contributed by atoms with Crippen molar-refractivity contribution in [2.24, 2.45) is 5.41 Å². The number of carbonyl (C=O) groups excluding carboxylic acids is 1. The van der Waals surface area contributed by atoms with Gasteiger partial charge in [0.25, 0.3) is 10.0 Å². The van der Waals surface area contributed by atoms with Crippen LogP contribution in [0.25, 0.3) is 10.6 Å². The van der Waals surface area contributed by atoms with Gasteiger partial charge in [0.1, 0.15) is 5.69 Å². The average Bonchev–Trinajstić information content (AvgIpc) is 3.00. The van der Waals surface area contributed by atoms with E-state index >= 15 is 0 Å². The molecule has 3 rings (SSSR count). The number of ketones is 1. The zero-order valence-corrected chi connectivity index (χ0v) is 15.9. The second-order valence-electron chi connectivity index (χ2n) is 6.55. The smallest absolute Gasteiger partial charge is 0.250 e. The summed E-state index contributed by atoms with van der Waals surface area (Å²) in [5.41, 5.74) is 2.35. The molecule has 0 saturated carbocycles. The molecule has 23 heavy (non-hydrogen) atoms. The monoisotopic (exact) mass is 370 g/mol. The van der Waals surface area contributed by atoms with Crippen LogP contribution in [-0.2, 0) is 16.4 Å². The van der Waals surface area contributed by atoms with Crippen LogP contribution in [0.4, 0.5) is 0 Å². The number of hydrogen-bond acceptors (Lipinski definition) is 6. The molecule has 0 spiro atoms. The van der Waals surface area contributed by atoms with Crippen molar-refractivity contribution in [3.8, 4) is 10.6 Å². The molecule has 0 bridgehead atoms. The van der Waals surface area contributed by atoms with Gasteiger partial charge in [0.05, 0.1) is 15.3 Å². The van der Waals surface area contributed by atoms with E-state index < -0.39 is 10.0 Å². The first kappa shape index (κ1) is 16.7. The van der Waals surface area contributed by atoms with Crippen molar-refractivity contribution in [2.75, 3.05) is 12.5 Å². The third-order valence-corrected chi connectivity index (χ3v) is 7.13. The van der Waals surface area contributed by atoms with Gasteiger partial charge in [-0.1, -0.05) is 13.8 Å². The average molecular weight is 371 g/mol. The molecule has 0 unspecified atom stereocenters. The van der Waals surface area contributed by atoms with E-state index in [4.69, 9.17) is 0 Å². The van der Waals surface area contributed by atoms with Gasteiger partial charge in [0, 0.05) is 18.2 Å². The molecule has 124 valence electrons. The summed E-state index contributed by atoms with van der Waals surface area (Å²) in [6, 6.07) is 1.70. The summed E-state index contributed by atoms with van der Waals surface area (Å²) in [5.74, 6) is 0.172. The third kappa shape index (κ3) is 2.99. The molecule has 0 saturated heterocycles. The standard InChI is InChI=1S/C15H18N2O3S3/c1-15(2)7-9-12(11(18)8-15)14(21-3)22-13(9)10-5-6-17(16-10)23(4,19)20/h5-6H,7-8H2,1-4H3. The number of Topliss-reactive ketones (excluding diaryl/α,β-unsaturated/α-hetero) is 1. The fraction of sp³-hybridized carbons (Fsp3) is 0.467. The molecule has 8 heteroatoms. The van der Waals surface area contributed by atoms with Crippen LogP contribution in [-0.4, -0.2) is 35.9 Å². The molecule has 2 aromatic rings. The van der Waals surface area contributed by atoms with E-state index in [0.717, 1.165) is 37.0 Å². The van der Waals surface area contributed by atoms with Crippen LogP contribution in [0, 0.1) is 5.41 Å². The van der Waals surface area contributed by atoms with Crippen LogP contribution in [0.1, 0.15) is 36.2 Å². The number of aromatic nitrogens is 2. The second kappa shape index (κ2) is 5.46. The summed E-state index contributed by atoms with van der Waals surface area (Å²) in [6.45, 7) is 4.17. The minimum Gasteiger partial charge on any atom is -0.294 e. The highest BCUT2D eigenvalue weighted by molar-refractivity contribution is 8.00. The first-order chi connectivity index (χ1) is 10.6.